The van der Waals surface area contributed by atoms with E-state index in [9.17, 15) is 18.4 Å². The Bertz CT molecular complexity index is 927. The predicted molar refractivity (Wildman–Crippen MR) is 108 cm³/mol. The SMILES string of the molecule is O=C(c1ccc(F)cc1)c1ccc(F)cc1/C=C/OCCN1CCCC(C(=O)O)C1. The maximum atomic E-state index is 13.7. The topological polar surface area (TPSA) is 66.8 Å². The zero-order valence-electron chi connectivity index (χ0n) is 16.4. The van der Waals surface area contributed by atoms with E-state index in [-0.39, 0.29) is 17.3 Å². The van der Waals surface area contributed by atoms with Gasteiger partial charge in [0, 0.05) is 24.2 Å². The van der Waals surface area contributed by atoms with Crippen LogP contribution in [-0.2, 0) is 9.53 Å². The molecular weight excluding hydrogens is 392 g/mol. The Morgan fingerprint density at radius 2 is 1.87 bits per heavy atom. The number of carboxylic acids is 1. The number of rotatable bonds is 8. The second-order valence-corrected chi connectivity index (χ2v) is 7.22. The van der Waals surface area contributed by atoms with E-state index >= 15 is 0 Å². The fourth-order valence-corrected chi connectivity index (χ4v) is 3.47. The lowest BCUT2D eigenvalue weighted by atomic mass is 9.98. The van der Waals surface area contributed by atoms with E-state index in [1.54, 1.807) is 0 Å². The Labute approximate surface area is 173 Å². The molecule has 0 aromatic heterocycles. The highest BCUT2D eigenvalue weighted by Gasteiger charge is 2.24. The summed E-state index contributed by atoms with van der Waals surface area (Å²) >= 11 is 0. The average Bonchev–Trinajstić information content (AvgIpc) is 2.74. The number of halogens is 2. The Kier molecular flexibility index (Phi) is 7.30. The average molecular weight is 415 g/mol. The van der Waals surface area contributed by atoms with Crippen LogP contribution in [0.25, 0.3) is 6.08 Å². The molecule has 1 atom stereocenters. The van der Waals surface area contributed by atoms with E-state index in [4.69, 9.17) is 9.84 Å². The summed E-state index contributed by atoms with van der Waals surface area (Å²) in [4.78, 5) is 25.9. The van der Waals surface area contributed by atoms with Gasteiger partial charge in [0.2, 0.25) is 0 Å². The van der Waals surface area contributed by atoms with Gasteiger partial charge >= 0.3 is 5.97 Å². The van der Waals surface area contributed by atoms with Gasteiger partial charge in [-0.3, -0.25) is 14.5 Å². The highest BCUT2D eigenvalue weighted by Crippen LogP contribution is 2.19. The monoisotopic (exact) mass is 415 g/mol. The molecule has 1 unspecified atom stereocenters. The van der Waals surface area contributed by atoms with Gasteiger partial charge in [-0.05, 0) is 73.5 Å². The molecule has 1 fully saturated rings. The molecule has 30 heavy (non-hydrogen) atoms. The summed E-state index contributed by atoms with van der Waals surface area (Å²) in [5, 5.41) is 9.13. The molecule has 158 valence electrons. The fourth-order valence-electron chi connectivity index (χ4n) is 3.47. The lowest BCUT2D eigenvalue weighted by molar-refractivity contribution is -0.143. The Balaban J connectivity index is 1.60. The van der Waals surface area contributed by atoms with Gasteiger partial charge in [-0.1, -0.05) is 0 Å². The van der Waals surface area contributed by atoms with Crippen LogP contribution in [0, 0.1) is 17.6 Å². The molecule has 0 saturated carbocycles. The van der Waals surface area contributed by atoms with Crippen molar-refractivity contribution in [3.05, 3.63) is 77.1 Å². The molecule has 0 bridgehead atoms. The number of piperidine rings is 1. The van der Waals surface area contributed by atoms with Crippen molar-refractivity contribution in [2.24, 2.45) is 5.92 Å². The number of aliphatic carboxylic acids is 1. The number of nitrogens with zero attached hydrogens (tertiary/aromatic N) is 1. The molecule has 5 nitrogen and oxygen atoms in total. The molecule has 3 rings (SSSR count). The van der Waals surface area contributed by atoms with Crippen LogP contribution in [0.15, 0.2) is 48.7 Å². The molecule has 0 aliphatic carbocycles. The Morgan fingerprint density at radius 3 is 2.60 bits per heavy atom. The van der Waals surface area contributed by atoms with E-state index in [1.807, 2.05) is 4.90 Å². The van der Waals surface area contributed by atoms with E-state index in [0.29, 0.717) is 37.2 Å². The van der Waals surface area contributed by atoms with Crippen LogP contribution in [0.3, 0.4) is 0 Å². The van der Waals surface area contributed by atoms with Gasteiger partial charge in [-0.15, -0.1) is 0 Å². The summed E-state index contributed by atoms with van der Waals surface area (Å²) in [5.74, 6) is -2.39. The van der Waals surface area contributed by atoms with Crippen molar-refractivity contribution in [3.63, 3.8) is 0 Å². The number of likely N-dealkylation sites (tertiary alicyclic amines) is 1. The molecule has 0 amide bonds. The second kappa shape index (κ2) is 10.1. The largest absolute Gasteiger partial charge is 0.500 e. The number of ether oxygens (including phenoxy) is 1. The van der Waals surface area contributed by atoms with Crippen molar-refractivity contribution >= 4 is 17.8 Å². The lowest BCUT2D eigenvalue weighted by Gasteiger charge is -2.30. The maximum Gasteiger partial charge on any atom is 0.307 e. The fraction of sp³-hybridized carbons (Fsp3) is 0.304. The molecule has 0 radical (unpaired) electrons. The molecule has 1 saturated heterocycles. The minimum Gasteiger partial charge on any atom is -0.500 e. The standard InChI is InChI=1S/C23H23F2NO4/c24-19-5-3-16(4-6-19)22(27)21-8-7-20(25)14-17(21)9-12-30-13-11-26-10-1-2-18(15-26)23(28)29/h3-9,12,14,18H,1-2,10-11,13,15H2,(H,28,29)/b12-9+. The molecule has 1 aliphatic heterocycles. The van der Waals surface area contributed by atoms with Gasteiger partial charge in [0.15, 0.2) is 5.78 Å². The molecule has 1 N–H and O–H groups in total. The number of carbonyl (C=O) groups excluding carboxylic acids is 1. The molecule has 0 spiro atoms. The van der Waals surface area contributed by atoms with Crippen molar-refractivity contribution in [1.82, 2.24) is 4.90 Å². The Hall–Kier alpha value is -3.06. The van der Waals surface area contributed by atoms with E-state index in [0.717, 1.165) is 13.0 Å². The number of benzene rings is 2. The van der Waals surface area contributed by atoms with Gasteiger partial charge < -0.3 is 9.84 Å². The van der Waals surface area contributed by atoms with Gasteiger partial charge in [0.25, 0.3) is 0 Å². The number of carboxylic acid groups (broad SMARTS) is 1. The van der Waals surface area contributed by atoms with E-state index in [2.05, 4.69) is 0 Å². The van der Waals surface area contributed by atoms with E-state index < -0.39 is 17.6 Å². The van der Waals surface area contributed by atoms with Crippen LogP contribution in [-0.4, -0.2) is 48.0 Å². The quantitative estimate of drug-likeness (QED) is 0.401. The highest BCUT2D eigenvalue weighted by molar-refractivity contribution is 6.11. The van der Waals surface area contributed by atoms with Crippen LogP contribution in [0.5, 0.6) is 0 Å². The third kappa shape index (κ3) is 5.73. The summed E-state index contributed by atoms with van der Waals surface area (Å²) in [5.41, 5.74) is 0.938. The second-order valence-electron chi connectivity index (χ2n) is 7.22. The van der Waals surface area contributed by atoms with Gasteiger partial charge in [-0.25, -0.2) is 8.78 Å². The molecule has 7 heteroatoms. The number of hydrogen-bond acceptors (Lipinski definition) is 4. The van der Waals surface area contributed by atoms with Gasteiger partial charge in [0.05, 0.1) is 18.8 Å². The molecule has 1 aliphatic rings. The highest BCUT2D eigenvalue weighted by atomic mass is 19.1. The summed E-state index contributed by atoms with van der Waals surface area (Å²) in [7, 11) is 0. The van der Waals surface area contributed by atoms with Crippen LogP contribution in [0.1, 0.15) is 34.3 Å². The number of ketones is 1. The van der Waals surface area contributed by atoms with Crippen molar-refractivity contribution in [2.45, 2.75) is 12.8 Å². The smallest absolute Gasteiger partial charge is 0.307 e. The van der Waals surface area contributed by atoms with Crippen molar-refractivity contribution < 1.29 is 28.2 Å². The van der Waals surface area contributed by atoms with Crippen LogP contribution < -0.4 is 0 Å². The van der Waals surface area contributed by atoms with Crippen molar-refractivity contribution in [2.75, 3.05) is 26.2 Å². The summed E-state index contributed by atoms with van der Waals surface area (Å²) in [6.07, 6.45) is 4.44. The van der Waals surface area contributed by atoms with E-state index in [1.165, 1.54) is 54.8 Å². The zero-order valence-corrected chi connectivity index (χ0v) is 16.4. The molecular formula is C23H23F2NO4. The van der Waals surface area contributed by atoms with Crippen molar-refractivity contribution in [3.8, 4) is 0 Å². The third-order valence-corrected chi connectivity index (χ3v) is 5.09. The number of hydrogen-bond donors (Lipinski definition) is 1. The lowest BCUT2D eigenvalue weighted by Crippen LogP contribution is -2.40. The van der Waals surface area contributed by atoms with Gasteiger partial charge in [-0.2, -0.15) is 0 Å². The normalized spacial score (nSPS) is 17.2. The maximum absolute atomic E-state index is 13.7. The van der Waals surface area contributed by atoms with Crippen LogP contribution in [0.4, 0.5) is 8.78 Å². The summed E-state index contributed by atoms with van der Waals surface area (Å²) < 4.78 is 32.3. The minimum atomic E-state index is -0.773. The van der Waals surface area contributed by atoms with Crippen LogP contribution >= 0.6 is 0 Å². The summed E-state index contributed by atoms with van der Waals surface area (Å²) in [6, 6.07) is 8.99. The molecule has 2 aromatic carbocycles. The third-order valence-electron chi connectivity index (χ3n) is 5.09. The predicted octanol–water partition coefficient (Wildman–Crippen LogP) is 3.98. The zero-order chi connectivity index (χ0) is 21.5. The first-order valence-electron chi connectivity index (χ1n) is 9.77. The number of carbonyl (C=O) groups is 2. The molecule has 2 aromatic rings. The first kappa shape index (κ1) is 21.6. The Morgan fingerprint density at radius 1 is 1.13 bits per heavy atom. The minimum absolute atomic E-state index is 0.281. The molecule has 1 heterocycles. The first-order valence-corrected chi connectivity index (χ1v) is 9.77. The van der Waals surface area contributed by atoms with Crippen LogP contribution in [0.2, 0.25) is 0 Å². The summed E-state index contributed by atoms with van der Waals surface area (Å²) in [6.45, 7) is 2.26. The van der Waals surface area contributed by atoms with Crippen molar-refractivity contribution in [1.29, 1.82) is 0 Å². The first-order chi connectivity index (χ1) is 14.4. The van der Waals surface area contributed by atoms with Gasteiger partial charge in [0.1, 0.15) is 11.6 Å².